The molecule has 0 atom stereocenters. The van der Waals surface area contributed by atoms with E-state index in [0.29, 0.717) is 17.7 Å². The molecular formula is C15H12N2O. The third-order valence-corrected chi connectivity index (χ3v) is 2.18. The van der Waals surface area contributed by atoms with Gasteiger partial charge in [0.15, 0.2) is 0 Å². The summed E-state index contributed by atoms with van der Waals surface area (Å²) in [5.41, 5.74) is 2.33. The Morgan fingerprint density at radius 1 is 1.17 bits per heavy atom. The van der Waals surface area contributed by atoms with Crippen molar-refractivity contribution >= 4 is 0 Å². The van der Waals surface area contributed by atoms with E-state index in [0.717, 1.165) is 11.1 Å². The van der Waals surface area contributed by atoms with Crippen LogP contribution in [0.2, 0.25) is 0 Å². The lowest BCUT2D eigenvalue weighted by atomic mass is 10.1. The Morgan fingerprint density at radius 3 is 2.39 bits per heavy atom. The van der Waals surface area contributed by atoms with Crippen LogP contribution in [0, 0.1) is 22.8 Å². The standard InChI is InChI=1S/C15H12N2O/c1-12(3-4-13(2)10-16)9-14-5-7-15(8-6-14)18-11-17/h3-8H,1-2,9H2/b4-3-. The number of rotatable bonds is 5. The first-order valence-corrected chi connectivity index (χ1v) is 5.25. The fraction of sp³-hybridized carbons (Fsp3) is 0.0667. The van der Waals surface area contributed by atoms with Gasteiger partial charge in [0, 0.05) is 5.57 Å². The minimum atomic E-state index is 0.397. The summed E-state index contributed by atoms with van der Waals surface area (Å²) in [5.74, 6) is 0.514. The maximum atomic E-state index is 8.55. The molecule has 0 heterocycles. The number of ether oxygens (including phenoxy) is 1. The Kier molecular flexibility index (Phi) is 4.97. The van der Waals surface area contributed by atoms with Crippen molar-refractivity contribution in [3.8, 4) is 18.1 Å². The SMILES string of the molecule is C=C(C#N)/C=C\C(=C)Cc1ccc(OC#N)cc1. The maximum absolute atomic E-state index is 8.55. The summed E-state index contributed by atoms with van der Waals surface area (Å²) in [7, 11) is 0. The van der Waals surface area contributed by atoms with Gasteiger partial charge in [-0.15, -0.1) is 5.26 Å². The van der Waals surface area contributed by atoms with Crippen LogP contribution < -0.4 is 4.74 Å². The molecule has 0 saturated heterocycles. The van der Waals surface area contributed by atoms with Crippen molar-refractivity contribution in [3.05, 3.63) is 66.3 Å². The summed E-state index contributed by atoms with van der Waals surface area (Å²) in [6, 6.07) is 9.12. The van der Waals surface area contributed by atoms with Gasteiger partial charge in [-0.25, -0.2) is 0 Å². The third kappa shape index (κ3) is 4.38. The van der Waals surface area contributed by atoms with Gasteiger partial charge in [-0.1, -0.05) is 36.9 Å². The van der Waals surface area contributed by atoms with Crippen molar-refractivity contribution in [2.45, 2.75) is 6.42 Å². The second-order valence-electron chi connectivity index (χ2n) is 3.64. The zero-order chi connectivity index (χ0) is 13.4. The van der Waals surface area contributed by atoms with Crippen molar-refractivity contribution < 1.29 is 4.74 Å². The first kappa shape index (κ1) is 13.3. The molecule has 0 radical (unpaired) electrons. The van der Waals surface area contributed by atoms with Crippen LogP contribution in [0.1, 0.15) is 5.56 Å². The highest BCUT2D eigenvalue weighted by Gasteiger charge is 1.97. The molecule has 0 unspecified atom stereocenters. The Labute approximate surface area is 107 Å². The van der Waals surface area contributed by atoms with E-state index in [4.69, 9.17) is 10.5 Å². The molecule has 0 aliphatic rings. The average molecular weight is 236 g/mol. The Bertz CT molecular complexity index is 554. The smallest absolute Gasteiger partial charge is 0.292 e. The normalized spacial score (nSPS) is 9.44. The molecule has 18 heavy (non-hydrogen) atoms. The van der Waals surface area contributed by atoms with E-state index in [2.05, 4.69) is 17.9 Å². The molecule has 3 nitrogen and oxygen atoms in total. The zero-order valence-corrected chi connectivity index (χ0v) is 9.89. The molecule has 0 spiro atoms. The van der Waals surface area contributed by atoms with Gasteiger partial charge in [0.1, 0.15) is 5.75 Å². The first-order valence-electron chi connectivity index (χ1n) is 5.25. The van der Waals surface area contributed by atoms with E-state index in [9.17, 15) is 0 Å². The molecule has 0 bridgehead atoms. The largest absolute Gasteiger partial charge is 0.388 e. The molecule has 0 fully saturated rings. The molecule has 0 aliphatic heterocycles. The third-order valence-electron chi connectivity index (χ3n) is 2.18. The van der Waals surface area contributed by atoms with Crippen molar-refractivity contribution in [2.75, 3.05) is 0 Å². The second kappa shape index (κ2) is 6.73. The van der Waals surface area contributed by atoms with Crippen LogP contribution in [0.5, 0.6) is 5.75 Å². The van der Waals surface area contributed by atoms with Gasteiger partial charge in [-0.05, 0) is 30.2 Å². The summed E-state index contributed by atoms with van der Waals surface area (Å²) in [6.07, 6.45) is 5.69. The Morgan fingerprint density at radius 2 is 1.83 bits per heavy atom. The van der Waals surface area contributed by atoms with Gasteiger partial charge in [-0.2, -0.15) is 5.26 Å². The highest BCUT2D eigenvalue weighted by Crippen LogP contribution is 2.14. The highest BCUT2D eigenvalue weighted by molar-refractivity contribution is 5.36. The number of allylic oxidation sites excluding steroid dienone is 4. The molecule has 0 saturated carbocycles. The number of nitrogens with zero attached hydrogens (tertiary/aromatic N) is 2. The number of hydrogen-bond acceptors (Lipinski definition) is 3. The van der Waals surface area contributed by atoms with E-state index in [1.165, 1.54) is 0 Å². The molecule has 88 valence electrons. The summed E-state index contributed by atoms with van der Waals surface area (Å²) < 4.78 is 4.68. The molecule has 1 aromatic carbocycles. The van der Waals surface area contributed by atoms with Gasteiger partial charge in [0.2, 0.25) is 0 Å². The second-order valence-corrected chi connectivity index (χ2v) is 3.64. The van der Waals surface area contributed by atoms with Crippen LogP contribution in [-0.2, 0) is 6.42 Å². The monoisotopic (exact) mass is 236 g/mol. The average Bonchev–Trinajstić information content (AvgIpc) is 2.38. The lowest BCUT2D eigenvalue weighted by molar-refractivity contribution is 0.507. The topological polar surface area (TPSA) is 56.8 Å². The van der Waals surface area contributed by atoms with Gasteiger partial charge in [0.25, 0.3) is 6.26 Å². The predicted molar refractivity (Wildman–Crippen MR) is 69.4 cm³/mol. The lowest BCUT2D eigenvalue weighted by Crippen LogP contribution is -1.88. The van der Waals surface area contributed by atoms with E-state index in [-0.39, 0.29) is 0 Å². The minimum Gasteiger partial charge on any atom is -0.388 e. The van der Waals surface area contributed by atoms with Crippen LogP contribution >= 0.6 is 0 Å². The minimum absolute atomic E-state index is 0.397. The Balaban J connectivity index is 2.61. The fourth-order valence-electron chi connectivity index (χ4n) is 1.30. The Hall–Kier alpha value is -2.78. The molecule has 0 aromatic heterocycles. The van der Waals surface area contributed by atoms with Gasteiger partial charge in [0.05, 0.1) is 6.07 Å². The van der Waals surface area contributed by atoms with Crippen LogP contribution in [0.25, 0.3) is 0 Å². The molecule has 1 rings (SSSR count). The zero-order valence-electron chi connectivity index (χ0n) is 9.89. The van der Waals surface area contributed by atoms with E-state index >= 15 is 0 Å². The summed E-state index contributed by atoms with van der Waals surface area (Å²) in [4.78, 5) is 0. The highest BCUT2D eigenvalue weighted by atomic mass is 16.5. The van der Waals surface area contributed by atoms with Crippen molar-refractivity contribution in [1.29, 1.82) is 10.5 Å². The molecule has 3 heteroatoms. The van der Waals surface area contributed by atoms with Gasteiger partial charge < -0.3 is 4.74 Å². The van der Waals surface area contributed by atoms with Crippen molar-refractivity contribution in [3.63, 3.8) is 0 Å². The van der Waals surface area contributed by atoms with Crippen molar-refractivity contribution in [2.24, 2.45) is 0 Å². The van der Waals surface area contributed by atoms with Crippen LogP contribution in [0.3, 0.4) is 0 Å². The van der Waals surface area contributed by atoms with E-state index in [1.807, 2.05) is 18.2 Å². The molecule has 0 aliphatic carbocycles. The summed E-state index contributed by atoms with van der Waals surface area (Å²) in [6.45, 7) is 7.44. The van der Waals surface area contributed by atoms with E-state index < -0.39 is 0 Å². The fourth-order valence-corrected chi connectivity index (χ4v) is 1.30. The summed E-state index contributed by atoms with van der Waals surface area (Å²) in [5, 5.41) is 16.9. The van der Waals surface area contributed by atoms with Crippen LogP contribution in [-0.4, -0.2) is 0 Å². The van der Waals surface area contributed by atoms with Gasteiger partial charge in [-0.3, -0.25) is 0 Å². The van der Waals surface area contributed by atoms with Gasteiger partial charge >= 0.3 is 0 Å². The van der Waals surface area contributed by atoms with Crippen molar-refractivity contribution in [1.82, 2.24) is 0 Å². The number of benzene rings is 1. The van der Waals surface area contributed by atoms with Crippen LogP contribution in [0.4, 0.5) is 0 Å². The first-order chi connectivity index (χ1) is 8.65. The molecule has 0 N–H and O–H groups in total. The lowest BCUT2D eigenvalue weighted by Gasteiger charge is -2.02. The molecule has 0 amide bonds. The molecule has 1 aromatic rings. The number of hydrogen-bond donors (Lipinski definition) is 0. The van der Waals surface area contributed by atoms with Crippen LogP contribution in [0.15, 0.2) is 60.7 Å². The quantitative estimate of drug-likeness (QED) is 0.448. The molecular weight excluding hydrogens is 224 g/mol. The van der Waals surface area contributed by atoms with E-state index in [1.54, 1.807) is 30.5 Å². The predicted octanol–water partition coefficient (Wildman–Crippen LogP) is 3.28. The number of nitriles is 2. The summed E-state index contributed by atoms with van der Waals surface area (Å²) >= 11 is 0. The maximum Gasteiger partial charge on any atom is 0.292 e.